The number of hydrogen-bond donors (Lipinski definition) is 1. The van der Waals surface area contributed by atoms with Crippen molar-refractivity contribution in [1.29, 1.82) is 0 Å². The van der Waals surface area contributed by atoms with Crippen LogP contribution in [0.3, 0.4) is 0 Å². The number of non-ortho nitro benzene ring substituents is 1. The van der Waals surface area contributed by atoms with Crippen LogP contribution in [-0.2, 0) is 0 Å². The fourth-order valence-electron chi connectivity index (χ4n) is 4.02. The quantitative estimate of drug-likeness (QED) is 0.247. The Bertz CT molecular complexity index is 1480. The minimum Gasteiger partial charge on any atom is -0.505 e. The summed E-state index contributed by atoms with van der Waals surface area (Å²) < 4.78 is 2.01. The molecule has 2 heterocycles. The summed E-state index contributed by atoms with van der Waals surface area (Å²) in [5, 5.41) is 22.1. The summed E-state index contributed by atoms with van der Waals surface area (Å²) in [6, 6.07) is 30.2. The molecule has 0 radical (unpaired) electrons. The molecule has 0 amide bonds. The molecule has 0 aliphatic carbocycles. The molecule has 6 heteroatoms. The summed E-state index contributed by atoms with van der Waals surface area (Å²) in [5.41, 5.74) is 6.22. The third kappa shape index (κ3) is 4.54. The number of fused-ring (bicyclic) bond motifs is 1. The molecule has 5 nitrogen and oxygen atoms in total. The summed E-state index contributed by atoms with van der Waals surface area (Å²) in [7, 11) is 0. The molecular weight excluding hydrogens is 435 g/mol. The first-order valence-corrected chi connectivity index (χ1v) is 10.5. The van der Waals surface area contributed by atoms with Gasteiger partial charge in [0.1, 0.15) is 5.75 Å². The second kappa shape index (κ2) is 10.1. The molecule has 0 saturated heterocycles. The van der Waals surface area contributed by atoms with E-state index in [0.29, 0.717) is 5.52 Å². The molecule has 160 valence electrons. The maximum Gasteiger partial charge on any atom is 1.00 e. The number of rotatable bonds is 5. The van der Waals surface area contributed by atoms with Crippen LogP contribution in [0, 0.1) is 10.1 Å². The van der Waals surface area contributed by atoms with Gasteiger partial charge in [-0.15, -0.1) is 0 Å². The molecule has 0 unspecified atom stereocenters. The SMILES string of the molecule is O=[N+]([O-])c1ccc(C=Cc2ccn3c(-c4ccccc4)c(-c4ccccc4)c(O)c3c2)cc1.[Na+]. The zero-order chi connectivity index (χ0) is 22.8. The Morgan fingerprint density at radius 2 is 1.35 bits per heavy atom. The largest absolute Gasteiger partial charge is 1.00 e. The van der Waals surface area contributed by atoms with Crippen molar-refractivity contribution in [3.63, 3.8) is 0 Å². The molecule has 5 aromatic rings. The summed E-state index contributed by atoms with van der Waals surface area (Å²) >= 11 is 0. The van der Waals surface area contributed by atoms with E-state index in [-0.39, 0.29) is 41.0 Å². The van der Waals surface area contributed by atoms with Crippen LogP contribution in [0.5, 0.6) is 5.75 Å². The topological polar surface area (TPSA) is 67.8 Å². The van der Waals surface area contributed by atoms with Crippen LogP contribution >= 0.6 is 0 Å². The molecule has 0 saturated carbocycles. The summed E-state index contributed by atoms with van der Waals surface area (Å²) in [6.45, 7) is 0. The summed E-state index contributed by atoms with van der Waals surface area (Å²) in [6.07, 6.45) is 5.78. The maximum atomic E-state index is 11.3. The Morgan fingerprint density at radius 1 is 0.765 bits per heavy atom. The van der Waals surface area contributed by atoms with Crippen molar-refractivity contribution >= 4 is 23.4 Å². The molecule has 34 heavy (non-hydrogen) atoms. The van der Waals surface area contributed by atoms with Gasteiger partial charge in [0.25, 0.3) is 5.69 Å². The normalized spacial score (nSPS) is 10.9. The molecule has 0 fully saturated rings. The predicted molar refractivity (Wildman–Crippen MR) is 132 cm³/mol. The van der Waals surface area contributed by atoms with Gasteiger partial charge in [0.05, 0.1) is 21.7 Å². The Morgan fingerprint density at radius 3 is 1.97 bits per heavy atom. The Hall–Kier alpha value is -3.64. The van der Waals surface area contributed by atoms with Crippen molar-refractivity contribution in [2.45, 2.75) is 0 Å². The number of pyridine rings is 1. The van der Waals surface area contributed by atoms with Gasteiger partial charge in [-0.3, -0.25) is 10.1 Å². The molecule has 0 spiro atoms. The van der Waals surface area contributed by atoms with E-state index in [2.05, 4.69) is 0 Å². The first-order chi connectivity index (χ1) is 16.1. The number of nitrogens with zero attached hydrogens (tertiary/aromatic N) is 2. The average Bonchev–Trinajstić information content (AvgIpc) is 3.16. The van der Waals surface area contributed by atoms with Crippen LogP contribution in [-0.4, -0.2) is 14.4 Å². The van der Waals surface area contributed by atoms with Gasteiger partial charge >= 0.3 is 29.6 Å². The van der Waals surface area contributed by atoms with Gasteiger partial charge in [0.15, 0.2) is 0 Å². The summed E-state index contributed by atoms with van der Waals surface area (Å²) in [4.78, 5) is 10.4. The molecule has 1 N–H and O–H groups in total. The minimum absolute atomic E-state index is 0. The fourth-order valence-corrected chi connectivity index (χ4v) is 4.02. The van der Waals surface area contributed by atoms with Gasteiger partial charge in [-0.05, 0) is 46.5 Å². The van der Waals surface area contributed by atoms with Crippen molar-refractivity contribution in [2.75, 3.05) is 0 Å². The monoisotopic (exact) mass is 455 g/mol. The van der Waals surface area contributed by atoms with Gasteiger partial charge < -0.3 is 9.51 Å². The molecule has 5 rings (SSSR count). The van der Waals surface area contributed by atoms with Crippen molar-refractivity contribution < 1.29 is 39.6 Å². The van der Waals surface area contributed by atoms with Crippen LogP contribution in [0.15, 0.2) is 103 Å². The predicted octanol–water partition coefficient (Wildman–Crippen LogP) is 4.06. The zero-order valence-electron chi connectivity index (χ0n) is 18.6. The number of nitro groups is 1. The van der Waals surface area contributed by atoms with E-state index < -0.39 is 4.92 Å². The van der Waals surface area contributed by atoms with Crippen LogP contribution in [0.4, 0.5) is 5.69 Å². The van der Waals surface area contributed by atoms with Crippen molar-refractivity contribution in [2.24, 2.45) is 0 Å². The van der Waals surface area contributed by atoms with E-state index in [0.717, 1.165) is 33.5 Å². The first kappa shape index (κ1) is 23.5. The van der Waals surface area contributed by atoms with Gasteiger partial charge in [-0.2, -0.15) is 0 Å². The average molecular weight is 455 g/mol. The van der Waals surface area contributed by atoms with Gasteiger partial charge in [-0.1, -0.05) is 72.8 Å². The standard InChI is InChI=1S/C28H20N2O3.Na/c31-28-25-19-21(12-11-20-13-15-24(16-14-20)30(32)33)17-18-29(25)27(23-9-5-2-6-10-23)26(28)22-7-3-1-4-8-22;/h1-19,31H;/q;+1. The Kier molecular flexibility index (Phi) is 6.98. The van der Waals surface area contributed by atoms with Crippen molar-refractivity contribution in [3.8, 4) is 28.1 Å². The fraction of sp³-hybridized carbons (Fsp3) is 0. The van der Waals surface area contributed by atoms with E-state index >= 15 is 0 Å². The maximum absolute atomic E-state index is 11.3. The molecule has 0 aliphatic rings. The number of nitro benzene ring substituents is 1. The third-order valence-corrected chi connectivity index (χ3v) is 5.62. The van der Waals surface area contributed by atoms with Crippen LogP contribution < -0.4 is 29.6 Å². The zero-order valence-corrected chi connectivity index (χ0v) is 20.6. The number of aromatic hydroxyl groups is 1. The van der Waals surface area contributed by atoms with Gasteiger partial charge in [0.2, 0.25) is 0 Å². The van der Waals surface area contributed by atoms with Crippen LogP contribution in [0.2, 0.25) is 0 Å². The van der Waals surface area contributed by atoms with E-state index in [1.54, 1.807) is 12.1 Å². The third-order valence-electron chi connectivity index (χ3n) is 5.62. The number of hydrogen-bond acceptors (Lipinski definition) is 3. The van der Waals surface area contributed by atoms with E-state index in [9.17, 15) is 15.2 Å². The van der Waals surface area contributed by atoms with Gasteiger partial charge in [-0.25, -0.2) is 0 Å². The number of aromatic nitrogens is 1. The van der Waals surface area contributed by atoms with Crippen molar-refractivity contribution in [3.05, 3.63) is 124 Å². The van der Waals surface area contributed by atoms with Gasteiger partial charge in [0, 0.05) is 18.3 Å². The number of benzene rings is 3. The Labute approximate surface area is 219 Å². The van der Waals surface area contributed by atoms with E-state index in [1.807, 2.05) is 95.5 Å². The molecule has 3 aromatic carbocycles. The first-order valence-electron chi connectivity index (χ1n) is 10.5. The van der Waals surface area contributed by atoms with Crippen LogP contribution in [0.1, 0.15) is 11.1 Å². The smallest absolute Gasteiger partial charge is 0.505 e. The van der Waals surface area contributed by atoms with E-state index in [4.69, 9.17) is 0 Å². The van der Waals surface area contributed by atoms with E-state index in [1.165, 1.54) is 12.1 Å². The van der Waals surface area contributed by atoms with Crippen LogP contribution in [0.25, 0.3) is 40.1 Å². The molecule has 0 aliphatic heterocycles. The second-order valence-electron chi connectivity index (χ2n) is 7.70. The molecule has 0 atom stereocenters. The molecular formula is C28H20N2NaO3+. The second-order valence-corrected chi connectivity index (χ2v) is 7.70. The molecule has 2 aromatic heterocycles. The Balaban J connectivity index is 0.00000274. The summed E-state index contributed by atoms with van der Waals surface area (Å²) in [5.74, 6) is 0.227. The molecule has 0 bridgehead atoms. The minimum atomic E-state index is -0.411. The van der Waals surface area contributed by atoms with Crippen molar-refractivity contribution in [1.82, 2.24) is 4.40 Å².